The lowest BCUT2D eigenvalue weighted by Crippen LogP contribution is -1.95. The molecule has 0 aliphatic carbocycles. The molecular weight excluding hydrogens is 276 g/mol. The lowest BCUT2D eigenvalue weighted by atomic mass is 10.1. The number of phenolic OH excluding ortho intramolecular Hbond substituents is 2. The zero-order valence-electron chi connectivity index (χ0n) is 11.1. The molecule has 0 saturated carbocycles. The average Bonchev–Trinajstić information content (AvgIpc) is 2.43. The van der Waals surface area contributed by atoms with E-state index in [0.717, 1.165) is 0 Å². The van der Waals surface area contributed by atoms with Crippen LogP contribution in [0.25, 0.3) is 0 Å². The Hall–Kier alpha value is -3.02. The minimum atomic E-state index is -0.986. The van der Waals surface area contributed by atoms with E-state index in [1.807, 2.05) is 0 Å². The molecule has 0 aliphatic rings. The number of phenols is 2. The lowest BCUT2D eigenvalue weighted by molar-refractivity contribution is 0.0686. The standard InChI is InChI=1S/C8H8O3.C7H6O3/c1-5-4-6(8(10)11)2-3-7(5)9;8-6-3-1-5(2-4-6)7(9)10/h2-4,9H,1H3,(H,10,11);1-4,8H,(H,9,10). The molecule has 0 aromatic heterocycles. The van der Waals surface area contributed by atoms with Crippen molar-refractivity contribution in [3.63, 3.8) is 0 Å². The molecule has 0 aliphatic heterocycles. The zero-order valence-corrected chi connectivity index (χ0v) is 11.1. The number of benzene rings is 2. The van der Waals surface area contributed by atoms with Crippen LogP contribution in [0.3, 0.4) is 0 Å². The second-order valence-electron chi connectivity index (χ2n) is 4.16. The first-order valence-electron chi connectivity index (χ1n) is 5.86. The van der Waals surface area contributed by atoms with Gasteiger partial charge in [0, 0.05) is 0 Å². The van der Waals surface area contributed by atoms with Gasteiger partial charge in [-0.25, -0.2) is 9.59 Å². The molecule has 0 radical (unpaired) electrons. The SMILES string of the molecule is Cc1cc(C(=O)O)ccc1O.O=C(O)c1ccc(O)cc1. The number of aryl methyl sites for hydroxylation is 1. The van der Waals surface area contributed by atoms with Gasteiger partial charge in [-0.2, -0.15) is 0 Å². The van der Waals surface area contributed by atoms with Crippen LogP contribution in [-0.4, -0.2) is 32.4 Å². The highest BCUT2D eigenvalue weighted by atomic mass is 16.4. The Kier molecular flexibility index (Phi) is 5.31. The number of hydrogen-bond acceptors (Lipinski definition) is 4. The van der Waals surface area contributed by atoms with Crippen LogP contribution in [0, 0.1) is 6.92 Å². The number of rotatable bonds is 2. The summed E-state index contributed by atoms with van der Waals surface area (Å²) in [6, 6.07) is 9.53. The number of aromatic carboxylic acids is 2. The summed E-state index contributed by atoms with van der Waals surface area (Å²) in [6.45, 7) is 1.65. The third-order valence-corrected chi connectivity index (χ3v) is 2.56. The minimum Gasteiger partial charge on any atom is -0.508 e. The molecule has 0 spiro atoms. The van der Waals surface area contributed by atoms with Gasteiger partial charge in [0.05, 0.1) is 11.1 Å². The molecule has 0 fully saturated rings. The Labute approximate surface area is 120 Å². The molecular formula is C15H14O6. The molecule has 0 saturated heterocycles. The highest BCUT2D eigenvalue weighted by Gasteiger charge is 2.03. The van der Waals surface area contributed by atoms with Crippen molar-refractivity contribution in [2.75, 3.05) is 0 Å². The van der Waals surface area contributed by atoms with Gasteiger partial charge in [0.25, 0.3) is 0 Å². The molecule has 21 heavy (non-hydrogen) atoms. The van der Waals surface area contributed by atoms with E-state index in [0.29, 0.717) is 5.56 Å². The first-order chi connectivity index (χ1) is 9.81. The molecule has 0 amide bonds. The van der Waals surface area contributed by atoms with E-state index in [1.54, 1.807) is 6.92 Å². The van der Waals surface area contributed by atoms with Gasteiger partial charge in [0.2, 0.25) is 0 Å². The van der Waals surface area contributed by atoms with Crippen molar-refractivity contribution in [2.24, 2.45) is 0 Å². The smallest absolute Gasteiger partial charge is 0.335 e. The van der Waals surface area contributed by atoms with E-state index in [-0.39, 0.29) is 22.6 Å². The third-order valence-electron chi connectivity index (χ3n) is 2.56. The fourth-order valence-corrected chi connectivity index (χ4v) is 1.39. The van der Waals surface area contributed by atoms with E-state index >= 15 is 0 Å². The van der Waals surface area contributed by atoms with Crippen LogP contribution in [-0.2, 0) is 0 Å². The Morgan fingerprint density at radius 2 is 1.29 bits per heavy atom. The topological polar surface area (TPSA) is 115 Å². The van der Waals surface area contributed by atoms with Gasteiger partial charge >= 0.3 is 11.9 Å². The molecule has 4 N–H and O–H groups in total. The van der Waals surface area contributed by atoms with Crippen LogP contribution in [0.4, 0.5) is 0 Å². The molecule has 0 heterocycles. The van der Waals surface area contributed by atoms with Crippen molar-refractivity contribution >= 4 is 11.9 Å². The maximum absolute atomic E-state index is 10.4. The number of carboxylic acid groups (broad SMARTS) is 2. The molecule has 6 heteroatoms. The predicted molar refractivity (Wildman–Crippen MR) is 74.9 cm³/mol. The number of hydrogen-bond donors (Lipinski definition) is 4. The van der Waals surface area contributed by atoms with Gasteiger partial charge in [0.15, 0.2) is 0 Å². The quantitative estimate of drug-likeness (QED) is 0.675. The van der Waals surface area contributed by atoms with Crippen LogP contribution in [0.5, 0.6) is 11.5 Å². The molecule has 2 rings (SSSR count). The van der Waals surface area contributed by atoms with Gasteiger partial charge in [-0.1, -0.05) is 0 Å². The highest BCUT2D eigenvalue weighted by Crippen LogP contribution is 2.16. The fraction of sp³-hybridized carbons (Fsp3) is 0.0667. The molecule has 0 atom stereocenters. The van der Waals surface area contributed by atoms with Crippen LogP contribution in [0.15, 0.2) is 42.5 Å². The lowest BCUT2D eigenvalue weighted by Gasteiger charge is -1.98. The van der Waals surface area contributed by atoms with E-state index in [9.17, 15) is 9.59 Å². The average molecular weight is 290 g/mol. The monoisotopic (exact) mass is 290 g/mol. The predicted octanol–water partition coefficient (Wildman–Crippen LogP) is 2.49. The summed E-state index contributed by atoms with van der Waals surface area (Å²) in [7, 11) is 0. The van der Waals surface area contributed by atoms with Gasteiger partial charge in [-0.05, 0) is 55.0 Å². The summed E-state index contributed by atoms with van der Waals surface area (Å²) in [4.78, 5) is 20.6. The summed E-state index contributed by atoms with van der Waals surface area (Å²) in [5, 5.41) is 34.7. The zero-order chi connectivity index (χ0) is 16.0. The van der Waals surface area contributed by atoms with E-state index in [1.165, 1.54) is 42.5 Å². The number of carboxylic acids is 2. The molecule has 0 bridgehead atoms. The largest absolute Gasteiger partial charge is 0.508 e. The Bertz CT molecular complexity index is 646. The minimum absolute atomic E-state index is 0.0741. The molecule has 110 valence electrons. The van der Waals surface area contributed by atoms with E-state index in [4.69, 9.17) is 20.4 Å². The highest BCUT2D eigenvalue weighted by molar-refractivity contribution is 5.88. The van der Waals surface area contributed by atoms with Crippen LogP contribution < -0.4 is 0 Å². The summed E-state index contributed by atoms with van der Waals surface area (Å²) in [6.07, 6.45) is 0. The Morgan fingerprint density at radius 3 is 1.71 bits per heavy atom. The summed E-state index contributed by atoms with van der Waals surface area (Å²) >= 11 is 0. The summed E-state index contributed by atoms with van der Waals surface area (Å²) in [5.74, 6) is -1.77. The van der Waals surface area contributed by atoms with E-state index < -0.39 is 11.9 Å². The van der Waals surface area contributed by atoms with Gasteiger partial charge in [-0.3, -0.25) is 0 Å². The second kappa shape index (κ2) is 6.95. The van der Waals surface area contributed by atoms with Crippen LogP contribution in [0.2, 0.25) is 0 Å². The maximum atomic E-state index is 10.4. The molecule has 6 nitrogen and oxygen atoms in total. The summed E-state index contributed by atoms with van der Waals surface area (Å²) in [5.41, 5.74) is 0.947. The molecule has 2 aromatic rings. The molecule has 0 unspecified atom stereocenters. The first kappa shape index (κ1) is 16.0. The number of aromatic hydroxyl groups is 2. The normalized spacial score (nSPS) is 9.38. The van der Waals surface area contributed by atoms with Gasteiger partial charge < -0.3 is 20.4 Å². The maximum Gasteiger partial charge on any atom is 0.335 e. The van der Waals surface area contributed by atoms with Crippen LogP contribution in [0.1, 0.15) is 26.3 Å². The summed E-state index contributed by atoms with van der Waals surface area (Å²) < 4.78 is 0. The Balaban J connectivity index is 0.000000211. The second-order valence-corrected chi connectivity index (χ2v) is 4.16. The van der Waals surface area contributed by atoms with Crippen molar-refractivity contribution in [3.05, 3.63) is 59.2 Å². The van der Waals surface area contributed by atoms with Crippen molar-refractivity contribution in [1.29, 1.82) is 0 Å². The van der Waals surface area contributed by atoms with Crippen molar-refractivity contribution < 1.29 is 30.0 Å². The van der Waals surface area contributed by atoms with Crippen molar-refractivity contribution in [2.45, 2.75) is 6.92 Å². The fourth-order valence-electron chi connectivity index (χ4n) is 1.39. The van der Waals surface area contributed by atoms with Crippen molar-refractivity contribution in [3.8, 4) is 11.5 Å². The first-order valence-corrected chi connectivity index (χ1v) is 5.86. The van der Waals surface area contributed by atoms with Gasteiger partial charge in [-0.15, -0.1) is 0 Å². The van der Waals surface area contributed by atoms with E-state index in [2.05, 4.69) is 0 Å². The molecule has 2 aromatic carbocycles. The number of carbonyl (C=O) groups is 2. The third kappa shape index (κ3) is 4.87. The van der Waals surface area contributed by atoms with Crippen molar-refractivity contribution in [1.82, 2.24) is 0 Å². The Morgan fingerprint density at radius 1 is 0.810 bits per heavy atom. The van der Waals surface area contributed by atoms with Gasteiger partial charge in [0.1, 0.15) is 11.5 Å². The van der Waals surface area contributed by atoms with Crippen LogP contribution >= 0.6 is 0 Å².